The number of carbonyl (C=O) groups excluding carboxylic acids is 1. The number of nitrogens with one attached hydrogen (secondary N) is 2. The van der Waals surface area contributed by atoms with Crippen molar-refractivity contribution >= 4 is 33.2 Å². The van der Waals surface area contributed by atoms with Crippen LogP contribution in [0.3, 0.4) is 0 Å². The van der Waals surface area contributed by atoms with Gasteiger partial charge in [0.1, 0.15) is 6.04 Å². The van der Waals surface area contributed by atoms with Crippen LogP contribution in [0.5, 0.6) is 0 Å². The van der Waals surface area contributed by atoms with Gasteiger partial charge in [0.15, 0.2) is 4.21 Å². The lowest BCUT2D eigenvalue weighted by Crippen LogP contribution is -2.41. The number of aromatic amines is 1. The first-order valence-corrected chi connectivity index (χ1v) is 7.66. The van der Waals surface area contributed by atoms with E-state index in [0.29, 0.717) is 11.3 Å². The second-order valence-corrected chi connectivity index (χ2v) is 6.84. The molecule has 11 heteroatoms. The molecule has 0 radical (unpaired) electrons. The normalized spacial score (nSPS) is 13.1. The van der Waals surface area contributed by atoms with Gasteiger partial charge in [-0.25, -0.2) is 8.42 Å². The van der Waals surface area contributed by atoms with E-state index in [1.807, 2.05) is 4.72 Å². The highest BCUT2D eigenvalue weighted by Crippen LogP contribution is 2.16. The molecule has 0 bridgehead atoms. The van der Waals surface area contributed by atoms with Crippen molar-refractivity contribution in [1.82, 2.24) is 9.71 Å². The summed E-state index contributed by atoms with van der Waals surface area (Å²) in [6.45, 7) is 1.38. The molecule has 1 aromatic rings. The average Bonchev–Trinajstić information content (AvgIpc) is 2.64. The molecule has 0 unspecified atom stereocenters. The van der Waals surface area contributed by atoms with Crippen molar-refractivity contribution in [2.24, 2.45) is 5.73 Å². The van der Waals surface area contributed by atoms with Crippen molar-refractivity contribution in [1.29, 1.82) is 0 Å². The van der Waals surface area contributed by atoms with Gasteiger partial charge in [-0.2, -0.15) is 4.72 Å². The van der Waals surface area contributed by atoms with Crippen LogP contribution in [-0.2, 0) is 19.6 Å². The van der Waals surface area contributed by atoms with Crippen LogP contribution < -0.4 is 15.3 Å². The van der Waals surface area contributed by atoms with Gasteiger partial charge in [-0.1, -0.05) is 11.3 Å². The number of aliphatic carboxylic acids is 1. The summed E-state index contributed by atoms with van der Waals surface area (Å²) in [6.07, 6.45) is -0.551. The number of rotatable bonds is 7. The smallest absolute Gasteiger partial charge is 0.321 e. The van der Waals surface area contributed by atoms with Crippen molar-refractivity contribution in [3.8, 4) is 0 Å². The maximum atomic E-state index is 12.0. The number of hydrogen-bond donors (Lipinski definition) is 4. The summed E-state index contributed by atoms with van der Waals surface area (Å²) in [5.41, 5.74) is 5.01. The van der Waals surface area contributed by atoms with Gasteiger partial charge < -0.3 is 15.8 Å². The number of carboxylic acid groups (broad SMARTS) is 1. The molecule has 1 rings (SSSR count). The number of primary amides is 1. The summed E-state index contributed by atoms with van der Waals surface area (Å²) in [7, 11) is -4.16. The topological polar surface area (TPSA) is 159 Å². The Kier molecular flexibility index (Phi) is 5.03. The van der Waals surface area contributed by atoms with Gasteiger partial charge in [-0.15, -0.1) is 0 Å². The monoisotopic (exact) mass is 323 g/mol. The Labute approximate surface area is 117 Å². The molecule has 1 amide bonds. The molecule has 1 atom stereocenters. The highest BCUT2D eigenvalue weighted by Gasteiger charge is 2.28. The molecule has 0 aliphatic carbocycles. The molecule has 1 heterocycles. The fourth-order valence-corrected chi connectivity index (χ4v) is 3.95. The molecule has 5 N–H and O–H groups in total. The van der Waals surface area contributed by atoms with Gasteiger partial charge in [0.2, 0.25) is 5.91 Å². The standard InChI is InChI=1S/C9H13N3O6S2/c1-4-8(19-9(16)11-4)20(17,18)12-5(7(14)15)2-3-6(10)13/h5,12H,2-3H2,1H3,(H2,10,13)(H,11,16)(H,14,15)/t5-/m0/s1. The van der Waals surface area contributed by atoms with Crippen molar-refractivity contribution in [2.75, 3.05) is 0 Å². The number of carboxylic acids is 1. The number of nitrogens with two attached hydrogens (primary N) is 1. The van der Waals surface area contributed by atoms with Crippen LogP contribution in [0.15, 0.2) is 9.00 Å². The van der Waals surface area contributed by atoms with Crippen LogP contribution in [0.4, 0.5) is 0 Å². The van der Waals surface area contributed by atoms with Crippen molar-refractivity contribution < 1.29 is 23.1 Å². The highest BCUT2D eigenvalue weighted by atomic mass is 32.2. The third-order valence-electron chi connectivity index (χ3n) is 2.30. The molecule has 20 heavy (non-hydrogen) atoms. The van der Waals surface area contributed by atoms with Crippen LogP contribution in [0.25, 0.3) is 0 Å². The van der Waals surface area contributed by atoms with Gasteiger partial charge in [0.25, 0.3) is 10.0 Å². The van der Waals surface area contributed by atoms with Crippen molar-refractivity contribution in [2.45, 2.75) is 30.0 Å². The summed E-state index contributed by atoms with van der Waals surface area (Å²) in [4.78, 5) is 34.4. The first-order chi connectivity index (χ1) is 9.13. The van der Waals surface area contributed by atoms with E-state index in [1.165, 1.54) is 6.92 Å². The number of H-pyrrole nitrogens is 1. The van der Waals surface area contributed by atoms with E-state index in [4.69, 9.17) is 10.8 Å². The van der Waals surface area contributed by atoms with Gasteiger partial charge in [-0.05, 0) is 13.3 Å². The molecule has 0 aromatic carbocycles. The Morgan fingerprint density at radius 1 is 1.50 bits per heavy atom. The lowest BCUT2D eigenvalue weighted by molar-refractivity contribution is -0.139. The second kappa shape index (κ2) is 6.15. The third kappa shape index (κ3) is 4.15. The van der Waals surface area contributed by atoms with E-state index in [-0.39, 0.29) is 22.7 Å². The van der Waals surface area contributed by atoms with Crippen LogP contribution in [0.2, 0.25) is 0 Å². The Morgan fingerprint density at radius 2 is 2.10 bits per heavy atom. The number of hydrogen-bond acceptors (Lipinski definition) is 6. The maximum absolute atomic E-state index is 12.0. The van der Waals surface area contributed by atoms with E-state index in [0.717, 1.165) is 0 Å². The fraction of sp³-hybridized carbons (Fsp3) is 0.444. The number of aryl methyl sites for hydroxylation is 1. The summed E-state index contributed by atoms with van der Waals surface area (Å²) in [6, 6.07) is -1.50. The molecule has 9 nitrogen and oxygen atoms in total. The fourth-order valence-electron chi connectivity index (χ4n) is 1.41. The van der Waals surface area contributed by atoms with Gasteiger partial charge in [0.05, 0.1) is 0 Å². The zero-order valence-corrected chi connectivity index (χ0v) is 12.0. The Bertz CT molecular complexity index is 674. The maximum Gasteiger partial charge on any atom is 0.321 e. The lowest BCUT2D eigenvalue weighted by atomic mass is 10.2. The average molecular weight is 323 g/mol. The van der Waals surface area contributed by atoms with Crippen molar-refractivity contribution in [3.63, 3.8) is 0 Å². The lowest BCUT2D eigenvalue weighted by Gasteiger charge is -2.13. The summed E-state index contributed by atoms with van der Waals surface area (Å²) in [5, 5.41) is 8.93. The van der Waals surface area contributed by atoms with Crippen LogP contribution >= 0.6 is 11.3 Å². The first-order valence-electron chi connectivity index (χ1n) is 5.36. The van der Waals surface area contributed by atoms with E-state index in [1.54, 1.807) is 0 Å². The Morgan fingerprint density at radius 3 is 2.50 bits per heavy atom. The minimum absolute atomic E-state index is 0.117. The summed E-state index contributed by atoms with van der Waals surface area (Å²) >= 11 is 0.453. The number of thiazole rings is 1. The van der Waals surface area contributed by atoms with Crippen molar-refractivity contribution in [3.05, 3.63) is 15.4 Å². The van der Waals surface area contributed by atoms with Crippen LogP contribution in [-0.4, -0.2) is 36.4 Å². The predicted octanol–water partition coefficient (Wildman–Crippen LogP) is -1.26. The number of aromatic nitrogens is 1. The quantitative estimate of drug-likeness (QED) is 0.490. The van der Waals surface area contributed by atoms with Gasteiger partial charge >= 0.3 is 10.8 Å². The summed E-state index contributed by atoms with van der Waals surface area (Å²) < 4.78 is 25.6. The molecule has 112 valence electrons. The van der Waals surface area contributed by atoms with E-state index in [9.17, 15) is 22.8 Å². The molecule has 0 aliphatic heterocycles. The van der Waals surface area contributed by atoms with E-state index in [2.05, 4.69) is 4.98 Å². The molecule has 0 spiro atoms. The second-order valence-electron chi connectivity index (χ2n) is 3.94. The molecule has 0 saturated carbocycles. The molecule has 1 aromatic heterocycles. The number of amides is 1. The zero-order valence-electron chi connectivity index (χ0n) is 10.4. The Hall–Kier alpha value is -1.72. The van der Waals surface area contributed by atoms with Crippen LogP contribution in [0.1, 0.15) is 18.5 Å². The number of carbonyl (C=O) groups is 2. The first kappa shape index (κ1) is 16.3. The minimum atomic E-state index is -4.16. The molecule has 0 aliphatic rings. The molecule has 0 saturated heterocycles. The largest absolute Gasteiger partial charge is 0.480 e. The third-order valence-corrected chi connectivity index (χ3v) is 5.38. The predicted molar refractivity (Wildman–Crippen MR) is 69.9 cm³/mol. The minimum Gasteiger partial charge on any atom is -0.480 e. The van der Waals surface area contributed by atoms with E-state index >= 15 is 0 Å². The summed E-state index contributed by atoms with van der Waals surface area (Å²) in [5.74, 6) is -2.17. The molecular weight excluding hydrogens is 310 g/mol. The van der Waals surface area contributed by atoms with E-state index < -0.39 is 32.8 Å². The molecule has 0 fully saturated rings. The SMILES string of the molecule is Cc1[nH]c(=O)sc1S(=O)(=O)N[C@@H](CCC(N)=O)C(=O)O. The highest BCUT2D eigenvalue weighted by molar-refractivity contribution is 7.91. The van der Waals surface area contributed by atoms with Gasteiger partial charge in [-0.3, -0.25) is 14.4 Å². The Balaban J connectivity index is 2.97. The molecular formula is C9H13N3O6S2. The zero-order chi connectivity index (χ0) is 15.5. The number of sulfonamides is 1. The van der Waals surface area contributed by atoms with Gasteiger partial charge in [0, 0.05) is 12.1 Å². The van der Waals surface area contributed by atoms with Crippen LogP contribution in [0, 0.1) is 6.92 Å².